The maximum Gasteiger partial charge on any atom is 0.340 e. The van der Waals surface area contributed by atoms with Crippen LogP contribution in [0.5, 0.6) is 11.5 Å². The Labute approximate surface area is 141 Å². The Hall–Kier alpha value is -2.34. The summed E-state index contributed by atoms with van der Waals surface area (Å²) in [6.45, 7) is 1.69. The number of hydrogen-bond acceptors (Lipinski definition) is 5. The second-order valence-electron chi connectivity index (χ2n) is 5.81. The monoisotopic (exact) mass is 336 g/mol. The molecule has 1 atom stereocenters. The number of ketones is 1. The van der Waals surface area contributed by atoms with Crippen LogP contribution in [0.25, 0.3) is 6.08 Å². The first-order valence-electron chi connectivity index (χ1n) is 7.96. The van der Waals surface area contributed by atoms with Crippen molar-refractivity contribution >= 4 is 17.8 Å². The molecule has 1 unspecified atom stereocenters. The standard InChI is InChI=1S/C18H24O6/c1-12(19)6-5-9-14(20)8-4-2-3-7-13-10-15(21)11-16(22)17(13)18(23)24/h3,7,10-12,19,21-22H,2,4-6,8-9H2,1H3,(H,23,24)/b7-3+. The fourth-order valence-corrected chi connectivity index (χ4v) is 2.34. The second-order valence-corrected chi connectivity index (χ2v) is 5.81. The molecule has 0 heterocycles. The number of carboxylic acid groups (broad SMARTS) is 1. The summed E-state index contributed by atoms with van der Waals surface area (Å²) in [6, 6.07) is 2.24. The van der Waals surface area contributed by atoms with Gasteiger partial charge in [-0.2, -0.15) is 0 Å². The van der Waals surface area contributed by atoms with E-state index in [1.54, 1.807) is 13.0 Å². The van der Waals surface area contributed by atoms with Crippen LogP contribution in [0.2, 0.25) is 0 Å². The Balaban J connectivity index is 2.48. The normalized spacial score (nSPS) is 12.4. The summed E-state index contributed by atoms with van der Waals surface area (Å²) < 4.78 is 0. The van der Waals surface area contributed by atoms with Crippen LogP contribution < -0.4 is 0 Å². The molecule has 24 heavy (non-hydrogen) atoms. The molecule has 0 aromatic heterocycles. The number of phenolic OH excluding ortho intramolecular Hbond substituents is 1. The van der Waals surface area contributed by atoms with Crippen molar-refractivity contribution in [2.45, 2.75) is 51.6 Å². The number of unbranched alkanes of at least 4 members (excludes halogenated alkanes) is 1. The fourth-order valence-electron chi connectivity index (χ4n) is 2.34. The topological polar surface area (TPSA) is 115 Å². The lowest BCUT2D eigenvalue weighted by atomic mass is 10.0. The van der Waals surface area contributed by atoms with Crippen LogP contribution in [0.4, 0.5) is 0 Å². The van der Waals surface area contributed by atoms with E-state index in [1.807, 2.05) is 0 Å². The van der Waals surface area contributed by atoms with Gasteiger partial charge in [-0.3, -0.25) is 4.79 Å². The quantitative estimate of drug-likeness (QED) is 0.488. The zero-order chi connectivity index (χ0) is 18.1. The van der Waals surface area contributed by atoms with Gasteiger partial charge in [0.05, 0.1) is 6.10 Å². The Bertz CT molecular complexity index is 604. The predicted molar refractivity (Wildman–Crippen MR) is 90.2 cm³/mol. The number of hydrogen-bond donors (Lipinski definition) is 4. The van der Waals surface area contributed by atoms with Gasteiger partial charge in [-0.25, -0.2) is 4.79 Å². The Morgan fingerprint density at radius 2 is 1.83 bits per heavy atom. The van der Waals surface area contributed by atoms with Gasteiger partial charge < -0.3 is 20.4 Å². The van der Waals surface area contributed by atoms with Crippen LogP contribution in [-0.2, 0) is 4.79 Å². The number of Topliss-reactive ketones (excluding diaryl/α,β-unsaturated/α-hetero) is 1. The first kappa shape index (κ1) is 19.7. The van der Waals surface area contributed by atoms with Gasteiger partial charge in [-0.15, -0.1) is 0 Å². The molecule has 6 nitrogen and oxygen atoms in total. The summed E-state index contributed by atoms with van der Waals surface area (Å²) in [5, 5.41) is 37.3. The number of aromatic carboxylic acids is 1. The number of aliphatic hydroxyl groups is 1. The van der Waals surface area contributed by atoms with Gasteiger partial charge in [0.2, 0.25) is 0 Å². The second kappa shape index (κ2) is 9.72. The first-order chi connectivity index (χ1) is 11.3. The summed E-state index contributed by atoms with van der Waals surface area (Å²) in [7, 11) is 0. The minimum Gasteiger partial charge on any atom is -0.508 e. The molecule has 0 bridgehead atoms. The molecule has 0 aliphatic rings. The summed E-state index contributed by atoms with van der Waals surface area (Å²) in [4.78, 5) is 22.8. The minimum absolute atomic E-state index is 0.144. The SMILES string of the molecule is CC(O)CCCC(=O)CCC/C=C/c1cc(O)cc(O)c1C(=O)O. The molecule has 0 aliphatic heterocycles. The van der Waals surface area contributed by atoms with Crippen LogP contribution >= 0.6 is 0 Å². The molecule has 1 aromatic carbocycles. The zero-order valence-electron chi connectivity index (χ0n) is 13.7. The number of benzene rings is 1. The number of rotatable bonds is 10. The van der Waals surface area contributed by atoms with Crippen LogP contribution in [-0.4, -0.2) is 38.3 Å². The van der Waals surface area contributed by atoms with E-state index in [9.17, 15) is 19.8 Å². The fraction of sp³-hybridized carbons (Fsp3) is 0.444. The largest absolute Gasteiger partial charge is 0.508 e. The number of allylic oxidation sites excluding steroid dienone is 1. The number of carbonyl (C=O) groups is 2. The smallest absolute Gasteiger partial charge is 0.340 e. The molecule has 0 radical (unpaired) electrons. The van der Waals surface area contributed by atoms with Gasteiger partial charge in [-0.1, -0.05) is 12.2 Å². The van der Waals surface area contributed by atoms with E-state index in [4.69, 9.17) is 10.2 Å². The van der Waals surface area contributed by atoms with Crippen molar-refractivity contribution < 1.29 is 30.0 Å². The first-order valence-corrected chi connectivity index (χ1v) is 7.96. The van der Waals surface area contributed by atoms with Crippen molar-refractivity contribution in [1.29, 1.82) is 0 Å². The van der Waals surface area contributed by atoms with E-state index in [0.717, 1.165) is 6.07 Å². The summed E-state index contributed by atoms with van der Waals surface area (Å²) >= 11 is 0. The lowest BCUT2D eigenvalue weighted by Gasteiger charge is -2.05. The molecule has 0 saturated heterocycles. The van der Waals surface area contributed by atoms with Crippen molar-refractivity contribution in [2.75, 3.05) is 0 Å². The maximum atomic E-state index is 11.6. The minimum atomic E-state index is -1.28. The van der Waals surface area contributed by atoms with Crippen LogP contribution in [0, 0.1) is 0 Å². The third kappa shape index (κ3) is 6.83. The molecular weight excluding hydrogens is 312 g/mol. The van der Waals surface area contributed by atoms with Gasteiger partial charge in [-0.05, 0) is 44.2 Å². The Kier molecular flexibility index (Phi) is 7.98. The Morgan fingerprint density at radius 1 is 1.17 bits per heavy atom. The van der Waals surface area contributed by atoms with E-state index in [0.29, 0.717) is 38.5 Å². The van der Waals surface area contributed by atoms with Crippen molar-refractivity contribution in [1.82, 2.24) is 0 Å². The van der Waals surface area contributed by atoms with Crippen molar-refractivity contribution in [3.63, 3.8) is 0 Å². The highest BCUT2D eigenvalue weighted by molar-refractivity contribution is 5.95. The summed E-state index contributed by atoms with van der Waals surface area (Å²) in [5.74, 6) is -1.84. The lowest BCUT2D eigenvalue weighted by molar-refractivity contribution is -0.119. The van der Waals surface area contributed by atoms with Crippen LogP contribution in [0.15, 0.2) is 18.2 Å². The molecule has 0 amide bonds. The number of carbonyl (C=O) groups excluding carboxylic acids is 1. The molecule has 0 aliphatic carbocycles. The van der Waals surface area contributed by atoms with Crippen molar-refractivity contribution in [2.24, 2.45) is 0 Å². The number of aliphatic hydroxyl groups excluding tert-OH is 1. The van der Waals surface area contributed by atoms with E-state index >= 15 is 0 Å². The van der Waals surface area contributed by atoms with Gasteiger partial charge in [0.15, 0.2) is 0 Å². The molecule has 6 heteroatoms. The molecule has 1 rings (SSSR count). The summed E-state index contributed by atoms with van der Waals surface area (Å²) in [6.07, 6.45) is 6.24. The Morgan fingerprint density at radius 3 is 2.46 bits per heavy atom. The van der Waals surface area contributed by atoms with Gasteiger partial charge >= 0.3 is 5.97 Å². The zero-order valence-corrected chi connectivity index (χ0v) is 13.7. The third-order valence-electron chi connectivity index (χ3n) is 3.55. The average molecular weight is 336 g/mol. The number of carboxylic acids is 1. The molecule has 0 saturated carbocycles. The lowest BCUT2D eigenvalue weighted by Crippen LogP contribution is -2.02. The van der Waals surface area contributed by atoms with Crippen LogP contribution in [0.3, 0.4) is 0 Å². The molecule has 0 fully saturated rings. The molecule has 1 aromatic rings. The number of phenols is 2. The molecule has 0 spiro atoms. The van der Waals surface area contributed by atoms with Gasteiger partial charge in [0.1, 0.15) is 22.8 Å². The van der Waals surface area contributed by atoms with Gasteiger partial charge in [0.25, 0.3) is 0 Å². The van der Waals surface area contributed by atoms with E-state index in [-0.39, 0.29) is 28.8 Å². The van der Waals surface area contributed by atoms with Gasteiger partial charge in [0, 0.05) is 18.9 Å². The van der Waals surface area contributed by atoms with E-state index < -0.39 is 11.7 Å². The molecule has 132 valence electrons. The molecule has 4 N–H and O–H groups in total. The molecular formula is C18H24O6. The highest BCUT2D eigenvalue weighted by Gasteiger charge is 2.15. The number of aromatic hydroxyl groups is 2. The maximum absolute atomic E-state index is 11.6. The third-order valence-corrected chi connectivity index (χ3v) is 3.55. The van der Waals surface area contributed by atoms with Crippen molar-refractivity contribution in [3.05, 3.63) is 29.3 Å². The average Bonchev–Trinajstić information content (AvgIpc) is 2.45. The van der Waals surface area contributed by atoms with Crippen LogP contribution in [0.1, 0.15) is 61.4 Å². The van der Waals surface area contributed by atoms with E-state index in [1.165, 1.54) is 12.1 Å². The van der Waals surface area contributed by atoms with Crippen molar-refractivity contribution in [3.8, 4) is 11.5 Å². The highest BCUT2D eigenvalue weighted by Crippen LogP contribution is 2.28. The van der Waals surface area contributed by atoms with E-state index in [2.05, 4.69) is 0 Å². The highest BCUT2D eigenvalue weighted by atomic mass is 16.4. The predicted octanol–water partition coefficient (Wildman–Crippen LogP) is 3.10. The summed E-state index contributed by atoms with van der Waals surface area (Å²) in [5.41, 5.74) is -0.0542.